The Labute approximate surface area is 194 Å². The van der Waals surface area contributed by atoms with Crippen molar-refractivity contribution in [2.24, 2.45) is 0 Å². The van der Waals surface area contributed by atoms with Gasteiger partial charge in [0.05, 0.1) is 17.9 Å². The minimum absolute atomic E-state index is 0.174. The van der Waals surface area contributed by atoms with Crippen LogP contribution < -0.4 is 0 Å². The molecule has 0 N–H and O–H groups in total. The highest BCUT2D eigenvalue weighted by Gasteiger charge is 2.35. The van der Waals surface area contributed by atoms with E-state index in [4.69, 9.17) is 6.85 Å². The Hall–Kier alpha value is -3.84. The van der Waals surface area contributed by atoms with E-state index >= 15 is 0 Å². The zero-order valence-electron chi connectivity index (χ0n) is 22.9. The Balaban J connectivity index is 1.83. The summed E-state index contributed by atoms with van der Waals surface area (Å²) in [5.74, 6) is 0. The minimum atomic E-state index is -0.388. The molecule has 0 radical (unpaired) electrons. The molecule has 152 valence electrons. The van der Waals surface area contributed by atoms with E-state index in [1.807, 2.05) is 34.9 Å². The van der Waals surface area contributed by atoms with Crippen molar-refractivity contribution < 1.29 is 6.85 Å². The monoisotopic (exact) mass is 414 g/mol. The summed E-state index contributed by atoms with van der Waals surface area (Å²) in [6, 6.07) is 23.5. The van der Waals surface area contributed by atoms with Crippen LogP contribution in [0.5, 0.6) is 0 Å². The Morgan fingerprint density at radius 1 is 0.750 bits per heavy atom. The summed E-state index contributed by atoms with van der Waals surface area (Å²) in [7, 11) is 0. The fourth-order valence-electron chi connectivity index (χ4n) is 5.66. The Morgan fingerprint density at radius 3 is 2.38 bits per heavy atom. The van der Waals surface area contributed by atoms with E-state index in [2.05, 4.69) is 56.3 Å². The van der Waals surface area contributed by atoms with Gasteiger partial charge >= 0.3 is 0 Å². The van der Waals surface area contributed by atoms with Crippen molar-refractivity contribution >= 4 is 32.6 Å². The first-order chi connectivity index (χ1) is 17.7. The molecule has 0 aliphatic heterocycles. The average molecular weight is 415 g/mol. The molecule has 1 aliphatic carbocycles. The Bertz CT molecular complexity index is 1940. The topological polar surface area (TPSA) is 4.93 Å². The lowest BCUT2D eigenvalue weighted by Crippen LogP contribution is -2.23. The van der Waals surface area contributed by atoms with Gasteiger partial charge in [-0.3, -0.25) is 0 Å². The number of hydrogen-bond acceptors (Lipinski definition) is 0. The molecule has 0 atom stereocenters. The van der Waals surface area contributed by atoms with E-state index in [9.17, 15) is 0 Å². The largest absolute Gasteiger partial charge is 0.309 e. The van der Waals surface area contributed by atoms with Crippen LogP contribution in [0.15, 0.2) is 103 Å². The van der Waals surface area contributed by atoms with E-state index in [1.165, 1.54) is 11.1 Å². The highest BCUT2D eigenvalue weighted by Crippen LogP contribution is 2.52. The maximum atomic E-state index is 8.82. The van der Waals surface area contributed by atoms with Crippen LogP contribution in [-0.2, 0) is 5.41 Å². The van der Waals surface area contributed by atoms with Crippen molar-refractivity contribution in [3.8, 4) is 16.8 Å². The van der Waals surface area contributed by atoms with Crippen LogP contribution in [0.2, 0.25) is 0 Å². The number of para-hydroxylation sites is 2. The molecule has 1 heteroatoms. The van der Waals surface area contributed by atoms with Gasteiger partial charge in [-0.15, -0.1) is 0 Å². The summed E-state index contributed by atoms with van der Waals surface area (Å²) < 4.78 is 44.4. The quantitative estimate of drug-likeness (QED) is 0.255. The van der Waals surface area contributed by atoms with Gasteiger partial charge in [0.25, 0.3) is 0 Å². The third-order valence-electron chi connectivity index (χ3n) is 7.05. The number of rotatable bonds is 1. The highest BCUT2D eigenvalue weighted by molar-refractivity contribution is 6.22. The molecule has 1 nitrogen and oxygen atoms in total. The molecule has 7 rings (SSSR count). The first-order valence-electron chi connectivity index (χ1n) is 13.4. The third kappa shape index (κ3) is 2.13. The molecule has 0 unspecified atom stereocenters. The normalized spacial score (nSPS) is 16.4. The van der Waals surface area contributed by atoms with Gasteiger partial charge in [0.15, 0.2) is 0 Å². The second kappa shape index (κ2) is 6.11. The molecular formula is C31H23N. The zero-order valence-corrected chi connectivity index (χ0v) is 17.9. The predicted octanol–water partition coefficient (Wildman–Crippen LogP) is 8.24. The van der Waals surface area contributed by atoms with Crippen LogP contribution in [0.25, 0.3) is 49.4 Å². The zero-order chi connectivity index (χ0) is 25.8. The first-order valence-corrected chi connectivity index (χ1v) is 10.9. The molecule has 0 saturated heterocycles. The van der Waals surface area contributed by atoms with Crippen LogP contribution in [-0.4, -0.2) is 4.57 Å². The molecular weight excluding hydrogens is 386 g/mol. The first kappa shape index (κ1) is 13.5. The Kier molecular flexibility index (Phi) is 2.59. The van der Waals surface area contributed by atoms with E-state index < -0.39 is 0 Å². The summed E-state index contributed by atoms with van der Waals surface area (Å²) >= 11 is 0. The molecule has 1 heterocycles. The fourth-order valence-corrected chi connectivity index (χ4v) is 5.66. The summed E-state index contributed by atoms with van der Waals surface area (Å²) in [5, 5.41) is 4.26. The van der Waals surface area contributed by atoms with Crippen LogP contribution >= 0.6 is 0 Å². The van der Waals surface area contributed by atoms with Gasteiger partial charge in [0, 0.05) is 27.4 Å². The maximum absolute atomic E-state index is 8.82. The van der Waals surface area contributed by atoms with Crippen molar-refractivity contribution in [3.63, 3.8) is 0 Å². The molecule has 0 bridgehead atoms. The number of nitrogens with zero attached hydrogens (tertiary/aromatic N) is 1. The van der Waals surface area contributed by atoms with Gasteiger partial charge in [-0.05, 0) is 51.7 Å². The van der Waals surface area contributed by atoms with Crippen LogP contribution in [0.4, 0.5) is 0 Å². The summed E-state index contributed by atoms with van der Waals surface area (Å²) in [6.45, 7) is 4.50. The van der Waals surface area contributed by atoms with Crippen LogP contribution in [0.1, 0.15) is 31.8 Å². The molecule has 0 spiro atoms. The van der Waals surface area contributed by atoms with Crippen molar-refractivity contribution in [2.45, 2.75) is 19.3 Å². The Morgan fingerprint density at radius 2 is 1.50 bits per heavy atom. The summed E-state index contributed by atoms with van der Waals surface area (Å²) in [4.78, 5) is 0. The van der Waals surface area contributed by atoms with Gasteiger partial charge in [-0.2, -0.15) is 0 Å². The standard InChI is InChI=1S/C31H23N/c1-31(2)25-16-8-6-15-23(25)29-28-20(11-10-17-26(28)31)19-24-22-14-7-9-18-27(22)32(30(24)29)21-12-4-3-5-13-21/h3-19H,1-2H3/i3D,4D,5D,12D,13D. The van der Waals surface area contributed by atoms with Gasteiger partial charge in [-0.25, -0.2) is 0 Å². The van der Waals surface area contributed by atoms with Crippen molar-refractivity contribution in [1.82, 2.24) is 4.57 Å². The smallest absolute Gasteiger partial charge is 0.0645 e. The minimum Gasteiger partial charge on any atom is -0.309 e. The van der Waals surface area contributed by atoms with Crippen molar-refractivity contribution in [3.05, 3.63) is 114 Å². The lowest BCUT2D eigenvalue weighted by atomic mass is 9.68. The fraction of sp³-hybridized carbons (Fsp3) is 0.0968. The average Bonchev–Trinajstić information content (AvgIpc) is 3.22. The molecule has 0 saturated carbocycles. The second-order valence-corrected chi connectivity index (χ2v) is 9.05. The molecule has 1 aromatic heterocycles. The van der Waals surface area contributed by atoms with Crippen molar-refractivity contribution in [2.75, 3.05) is 0 Å². The van der Waals surface area contributed by atoms with E-state index in [1.54, 1.807) is 0 Å². The number of hydrogen-bond donors (Lipinski definition) is 0. The van der Waals surface area contributed by atoms with Crippen molar-refractivity contribution in [1.29, 1.82) is 0 Å². The molecule has 0 fully saturated rings. The summed E-state index contributed by atoms with van der Waals surface area (Å²) in [5.41, 5.74) is 6.21. The molecule has 5 aromatic carbocycles. The van der Waals surface area contributed by atoms with Gasteiger partial charge in [0.2, 0.25) is 0 Å². The number of aromatic nitrogens is 1. The predicted molar refractivity (Wildman–Crippen MR) is 136 cm³/mol. The number of fused-ring (bicyclic) bond motifs is 6. The highest BCUT2D eigenvalue weighted by atomic mass is 15.0. The molecule has 32 heavy (non-hydrogen) atoms. The number of benzene rings is 5. The molecule has 0 amide bonds. The van der Waals surface area contributed by atoms with Crippen LogP contribution in [0.3, 0.4) is 0 Å². The lowest BCUT2D eigenvalue weighted by molar-refractivity contribution is 0.645. The lowest BCUT2D eigenvalue weighted by Gasteiger charge is -2.35. The summed E-state index contributed by atoms with van der Waals surface area (Å²) in [6.07, 6.45) is 0. The van der Waals surface area contributed by atoms with E-state index in [0.717, 1.165) is 43.7 Å². The SMILES string of the molecule is [2H]c1c([2H])c([2H])c(-n2c3ccccc3c3cc4cccc5c4c(c32)-c2ccccc2C5(C)C)c([2H])c1[2H]. The van der Waals surface area contributed by atoms with Gasteiger partial charge < -0.3 is 4.57 Å². The second-order valence-electron chi connectivity index (χ2n) is 9.05. The van der Waals surface area contributed by atoms with Gasteiger partial charge in [-0.1, -0.05) is 92.6 Å². The molecule has 1 aliphatic rings. The van der Waals surface area contributed by atoms with Crippen LogP contribution in [0, 0.1) is 0 Å². The third-order valence-corrected chi connectivity index (χ3v) is 7.05. The molecule has 6 aromatic rings. The van der Waals surface area contributed by atoms with E-state index in [-0.39, 0.29) is 41.3 Å². The maximum Gasteiger partial charge on any atom is 0.0645 e. The van der Waals surface area contributed by atoms with Gasteiger partial charge in [0.1, 0.15) is 0 Å². The van der Waals surface area contributed by atoms with E-state index in [0.29, 0.717) is 0 Å².